The van der Waals surface area contributed by atoms with E-state index in [1.54, 1.807) is 22.7 Å². The quantitative estimate of drug-likeness (QED) is 0.0667. The molecule has 0 unspecified atom stereocenters. The van der Waals surface area contributed by atoms with Crippen molar-refractivity contribution >= 4 is 94.5 Å². The second-order valence-electron chi connectivity index (χ2n) is 8.16. The van der Waals surface area contributed by atoms with Gasteiger partial charge in [0.05, 0.1) is 37.5 Å². The molecule has 4 aromatic rings. The number of nitrogens with one attached hydrogen (secondary N) is 2. The third-order valence-electron chi connectivity index (χ3n) is 4.91. The van der Waals surface area contributed by atoms with Crippen LogP contribution in [-0.4, -0.2) is 26.3 Å². The van der Waals surface area contributed by atoms with Gasteiger partial charge in [-0.1, -0.05) is 0 Å². The summed E-state index contributed by atoms with van der Waals surface area (Å²) in [7, 11) is 20.7. The number of rotatable bonds is 12. The third kappa shape index (κ3) is 13.3. The van der Waals surface area contributed by atoms with Gasteiger partial charge in [0.1, 0.15) is 23.8 Å². The van der Waals surface area contributed by atoms with E-state index in [1.807, 2.05) is 94.9 Å². The Morgan fingerprint density at radius 3 is 1.38 bits per heavy atom. The van der Waals surface area contributed by atoms with Crippen LogP contribution in [0.1, 0.15) is 0 Å². The molecule has 0 aliphatic heterocycles. The summed E-state index contributed by atoms with van der Waals surface area (Å²) < 4.78 is 9.59. The summed E-state index contributed by atoms with van der Waals surface area (Å²) >= 11 is 3.11. The summed E-state index contributed by atoms with van der Waals surface area (Å²) in [5.74, 6) is 0. The molecule has 4 rings (SSSR count). The van der Waals surface area contributed by atoms with Gasteiger partial charge in [-0.2, -0.15) is 0 Å². The first-order valence-corrected chi connectivity index (χ1v) is 29.6. The number of aryl methyl sites for hydroxylation is 2. The number of ether oxygens (including phenoxy) is 1. The fraction of sp³-hybridized carbons (Fsp3) is 0.250. The molecule has 16 heteroatoms. The van der Waals surface area contributed by atoms with E-state index in [9.17, 15) is 0 Å². The summed E-state index contributed by atoms with van der Waals surface area (Å²) in [5.41, 5.74) is 3.69. The van der Waals surface area contributed by atoms with Gasteiger partial charge in [-0.05, 0) is 81.4 Å². The third-order valence-corrected chi connectivity index (χ3v) is 6.58. The van der Waals surface area contributed by atoms with E-state index in [-0.39, 0.29) is 0 Å². The van der Waals surface area contributed by atoms with Crippen molar-refractivity contribution in [2.45, 2.75) is 0 Å². The minimum atomic E-state index is -3.36. The van der Waals surface area contributed by atoms with E-state index in [2.05, 4.69) is 31.1 Å². The van der Waals surface area contributed by atoms with Gasteiger partial charge < -0.3 is 15.4 Å². The standard InChI is InChI=1S/C24H26N8OS2.4ClH.Zn/c1-31-13-17-34-23(31)29-27-21-7-3-19(4-8-21)25-11-15-33-16-12-26-20-5-9-22(10-6-20)28-30-24-32(2)14-18-35-24;;;;;/h3-10,13-14,17-18H,11-12,15-16H2,1-2H3;4*1H;/q;;;;;+2/p-2. The molecule has 0 saturated heterocycles. The molecule has 9 nitrogen and oxygen atoms in total. The maximum atomic E-state index is 5.71. The molecule has 0 aliphatic carbocycles. The SMILES string of the molecule is C[n+]1ccsc1N=Nc1ccc(NCCOCCNc2ccc(N=Nc3scc[n+]3C)cc2)cc1.[Cl][Zn-2]([Cl])([Cl])[Cl]. The van der Waals surface area contributed by atoms with Crippen LogP contribution in [-0.2, 0) is 29.6 Å². The predicted molar refractivity (Wildman–Crippen MR) is 163 cm³/mol. The molecular formula is C24H28Cl4N8OS2Zn. The van der Waals surface area contributed by atoms with Gasteiger partial charge in [-0.3, -0.25) is 0 Å². The maximum absolute atomic E-state index is 5.71. The number of halogens is 4. The van der Waals surface area contributed by atoms with Crippen molar-refractivity contribution in [3.05, 3.63) is 71.7 Å². The Bertz CT molecular complexity index is 1260. The summed E-state index contributed by atoms with van der Waals surface area (Å²) in [6.45, 7) is 2.70. The van der Waals surface area contributed by atoms with Gasteiger partial charge in [0, 0.05) is 35.2 Å². The fourth-order valence-electron chi connectivity index (χ4n) is 2.98. The van der Waals surface area contributed by atoms with Crippen LogP contribution in [0.3, 0.4) is 0 Å². The molecule has 212 valence electrons. The number of aromatic nitrogens is 2. The van der Waals surface area contributed by atoms with E-state index >= 15 is 0 Å². The van der Waals surface area contributed by atoms with E-state index in [4.69, 9.17) is 43.5 Å². The first-order chi connectivity index (χ1) is 19.2. The first kappa shape index (κ1) is 32.8. The molecule has 0 fully saturated rings. The summed E-state index contributed by atoms with van der Waals surface area (Å²) in [6.07, 6.45) is 3.92. The molecule has 0 atom stereocenters. The van der Waals surface area contributed by atoms with Crippen molar-refractivity contribution in [1.29, 1.82) is 0 Å². The van der Waals surface area contributed by atoms with Crippen LogP contribution in [0.15, 0.2) is 92.1 Å². The molecule has 2 aromatic carbocycles. The number of thiazole rings is 2. The Balaban J connectivity index is 0.000000810. The topological polar surface area (TPSA) is 90.5 Å². The van der Waals surface area contributed by atoms with Gasteiger partial charge in [0.2, 0.25) is 0 Å². The van der Waals surface area contributed by atoms with Crippen molar-refractivity contribution in [2.75, 3.05) is 36.9 Å². The monoisotopic (exact) mass is 712 g/mol. The number of benzene rings is 2. The average molecular weight is 716 g/mol. The number of hydrogen-bond donors (Lipinski definition) is 2. The number of anilines is 2. The van der Waals surface area contributed by atoms with Crippen molar-refractivity contribution in [2.24, 2.45) is 34.6 Å². The second kappa shape index (κ2) is 17.3. The van der Waals surface area contributed by atoms with Crippen molar-refractivity contribution in [1.82, 2.24) is 0 Å². The number of hydrogen-bond acceptors (Lipinski definition) is 9. The van der Waals surface area contributed by atoms with E-state index in [1.165, 1.54) is 0 Å². The Kier molecular flexibility index (Phi) is 14.1. The zero-order valence-corrected chi connectivity index (χ0v) is 29.5. The van der Waals surface area contributed by atoms with Crippen LogP contribution < -0.4 is 19.8 Å². The molecule has 0 aliphatic rings. The zero-order valence-electron chi connectivity index (χ0n) is 21.9. The zero-order chi connectivity index (χ0) is 28.8. The van der Waals surface area contributed by atoms with Crippen LogP contribution in [0, 0.1) is 0 Å². The van der Waals surface area contributed by atoms with Crippen molar-refractivity contribution in [3.8, 4) is 0 Å². The molecule has 2 N–H and O–H groups in total. The molecule has 0 saturated carbocycles. The Hall–Kier alpha value is -1.76. The van der Waals surface area contributed by atoms with E-state index in [0.29, 0.717) is 13.2 Å². The summed E-state index contributed by atoms with van der Waals surface area (Å²) in [6, 6.07) is 15.8. The Labute approximate surface area is 260 Å². The molecule has 0 bridgehead atoms. The van der Waals surface area contributed by atoms with Gasteiger partial charge in [0.25, 0.3) is 0 Å². The van der Waals surface area contributed by atoms with Crippen LogP contribution in [0.25, 0.3) is 0 Å². The predicted octanol–water partition coefficient (Wildman–Crippen LogP) is 8.59. The van der Waals surface area contributed by atoms with Crippen LogP contribution >= 0.6 is 61.4 Å². The van der Waals surface area contributed by atoms with Gasteiger partial charge in [-0.25, -0.2) is 9.13 Å². The van der Waals surface area contributed by atoms with Crippen LogP contribution in [0.4, 0.5) is 33.0 Å². The van der Waals surface area contributed by atoms with E-state index < -0.39 is 10.8 Å². The minimum absolute atomic E-state index is 0.623. The Morgan fingerprint density at radius 2 is 1.05 bits per heavy atom. The molecule has 0 radical (unpaired) electrons. The Morgan fingerprint density at radius 1 is 0.675 bits per heavy atom. The number of azo groups is 2. The second-order valence-corrected chi connectivity index (χ2v) is 37.6. The van der Waals surface area contributed by atoms with Gasteiger partial charge >= 0.3 is 59.8 Å². The summed E-state index contributed by atoms with van der Waals surface area (Å²) in [5, 5.41) is 29.5. The summed E-state index contributed by atoms with van der Waals surface area (Å²) in [4.78, 5) is 0. The molecule has 0 amide bonds. The van der Waals surface area contributed by atoms with Crippen LogP contribution in [0.5, 0.6) is 0 Å². The van der Waals surface area contributed by atoms with Gasteiger partial charge in [-0.15, -0.1) is 0 Å². The molecule has 2 aromatic heterocycles. The van der Waals surface area contributed by atoms with Gasteiger partial charge in [0.15, 0.2) is 0 Å². The van der Waals surface area contributed by atoms with Crippen molar-refractivity contribution < 1.29 is 24.7 Å². The average Bonchev–Trinajstić information content (AvgIpc) is 3.53. The molecular weight excluding hydrogens is 688 g/mol. The van der Waals surface area contributed by atoms with Crippen LogP contribution in [0.2, 0.25) is 0 Å². The number of nitrogens with zero attached hydrogens (tertiary/aromatic N) is 6. The molecule has 2 heterocycles. The van der Waals surface area contributed by atoms with Crippen molar-refractivity contribution in [3.63, 3.8) is 0 Å². The normalized spacial score (nSPS) is 11.6. The molecule has 40 heavy (non-hydrogen) atoms. The van der Waals surface area contributed by atoms with E-state index in [0.717, 1.165) is 46.1 Å². The first-order valence-electron chi connectivity index (χ1n) is 12.2. The fourth-order valence-corrected chi connectivity index (χ4v) is 4.34. The molecule has 0 spiro atoms.